The number of carbonyl (C=O) groups is 2. The number of rotatable bonds is 8. The molecule has 8 heteroatoms. The van der Waals surface area contributed by atoms with Crippen molar-refractivity contribution in [3.05, 3.63) is 54.9 Å². The number of ether oxygens (including phenoxy) is 1. The number of hydrogen-bond acceptors (Lipinski definition) is 5. The molecule has 1 aliphatic heterocycles. The van der Waals surface area contributed by atoms with E-state index in [1.165, 1.54) is 0 Å². The van der Waals surface area contributed by atoms with E-state index in [0.29, 0.717) is 26.1 Å². The van der Waals surface area contributed by atoms with E-state index in [9.17, 15) is 9.59 Å². The first kappa shape index (κ1) is 20.6. The van der Waals surface area contributed by atoms with Gasteiger partial charge >= 0.3 is 0 Å². The van der Waals surface area contributed by atoms with Crippen molar-refractivity contribution in [1.29, 1.82) is 0 Å². The molecule has 1 N–H and O–H groups in total. The second-order valence-corrected chi connectivity index (χ2v) is 7.38. The van der Waals surface area contributed by atoms with Crippen LogP contribution in [-0.4, -0.2) is 58.2 Å². The van der Waals surface area contributed by atoms with Crippen molar-refractivity contribution >= 4 is 11.8 Å². The SMILES string of the molecule is COc1cccc(-c2cc(-c3cccnc3)nn2CCNC(=O)CN2CCCC2=O)c1. The normalized spacial score (nSPS) is 13.5. The second kappa shape index (κ2) is 9.42. The van der Waals surface area contributed by atoms with Gasteiger partial charge in [0, 0.05) is 43.0 Å². The van der Waals surface area contributed by atoms with Crippen molar-refractivity contribution in [2.24, 2.45) is 0 Å². The van der Waals surface area contributed by atoms with Crippen molar-refractivity contribution in [3.63, 3.8) is 0 Å². The number of benzene rings is 1. The van der Waals surface area contributed by atoms with E-state index < -0.39 is 0 Å². The third-order valence-corrected chi connectivity index (χ3v) is 5.25. The molecule has 0 aliphatic carbocycles. The molecule has 0 radical (unpaired) electrons. The lowest BCUT2D eigenvalue weighted by atomic mass is 10.1. The number of nitrogens with zero attached hydrogens (tertiary/aromatic N) is 4. The highest BCUT2D eigenvalue weighted by Gasteiger charge is 2.22. The summed E-state index contributed by atoms with van der Waals surface area (Å²) in [7, 11) is 1.64. The number of methoxy groups -OCH3 is 1. The molecule has 0 spiro atoms. The number of carbonyl (C=O) groups excluding carboxylic acids is 2. The Balaban J connectivity index is 1.50. The van der Waals surface area contributed by atoms with Crippen molar-refractivity contribution < 1.29 is 14.3 Å². The molecule has 2 aromatic heterocycles. The zero-order chi connectivity index (χ0) is 21.6. The molecule has 0 bridgehead atoms. The Labute approximate surface area is 180 Å². The highest BCUT2D eigenvalue weighted by molar-refractivity contribution is 5.85. The zero-order valence-corrected chi connectivity index (χ0v) is 17.5. The molecule has 3 heterocycles. The average molecular weight is 419 g/mol. The number of nitrogens with one attached hydrogen (secondary N) is 1. The summed E-state index contributed by atoms with van der Waals surface area (Å²) < 4.78 is 7.24. The molecule has 1 fully saturated rings. The predicted octanol–water partition coefficient (Wildman–Crippen LogP) is 2.36. The molecule has 0 saturated carbocycles. The molecule has 1 aliphatic rings. The van der Waals surface area contributed by atoms with Crippen molar-refractivity contribution in [3.8, 4) is 28.3 Å². The summed E-state index contributed by atoms with van der Waals surface area (Å²) >= 11 is 0. The maximum Gasteiger partial charge on any atom is 0.239 e. The van der Waals surface area contributed by atoms with Crippen LogP contribution in [0.4, 0.5) is 0 Å². The topological polar surface area (TPSA) is 89.3 Å². The number of likely N-dealkylation sites (tertiary alicyclic amines) is 1. The van der Waals surface area contributed by atoms with Gasteiger partial charge in [-0.05, 0) is 36.8 Å². The minimum absolute atomic E-state index is 0.0450. The maximum atomic E-state index is 12.2. The summed E-state index contributed by atoms with van der Waals surface area (Å²) in [6.07, 6.45) is 4.85. The van der Waals surface area contributed by atoms with Gasteiger partial charge in [-0.15, -0.1) is 0 Å². The van der Waals surface area contributed by atoms with E-state index >= 15 is 0 Å². The fourth-order valence-electron chi connectivity index (χ4n) is 3.66. The average Bonchev–Trinajstić information content (AvgIpc) is 3.41. The molecule has 0 atom stereocenters. The Morgan fingerprint density at radius 1 is 1.19 bits per heavy atom. The van der Waals surface area contributed by atoms with Crippen molar-refractivity contribution in [2.45, 2.75) is 19.4 Å². The van der Waals surface area contributed by atoms with Crippen LogP contribution in [0, 0.1) is 0 Å². The van der Waals surface area contributed by atoms with Gasteiger partial charge in [-0.2, -0.15) is 5.10 Å². The Morgan fingerprint density at radius 2 is 2.06 bits per heavy atom. The highest BCUT2D eigenvalue weighted by Crippen LogP contribution is 2.28. The second-order valence-electron chi connectivity index (χ2n) is 7.38. The highest BCUT2D eigenvalue weighted by atomic mass is 16.5. The smallest absolute Gasteiger partial charge is 0.239 e. The van der Waals surface area contributed by atoms with E-state index in [0.717, 1.165) is 34.7 Å². The van der Waals surface area contributed by atoms with Crippen LogP contribution in [-0.2, 0) is 16.1 Å². The lowest BCUT2D eigenvalue weighted by Crippen LogP contribution is -2.39. The Morgan fingerprint density at radius 3 is 2.81 bits per heavy atom. The Bertz CT molecular complexity index is 1060. The van der Waals surface area contributed by atoms with Crippen LogP contribution >= 0.6 is 0 Å². The fourth-order valence-corrected chi connectivity index (χ4v) is 3.66. The van der Waals surface area contributed by atoms with E-state index in [1.54, 1.807) is 24.4 Å². The summed E-state index contributed by atoms with van der Waals surface area (Å²) in [6, 6.07) is 13.6. The fraction of sp³-hybridized carbons (Fsp3) is 0.304. The van der Waals surface area contributed by atoms with Crippen LogP contribution in [0.15, 0.2) is 54.9 Å². The summed E-state index contributed by atoms with van der Waals surface area (Å²) in [5, 5.41) is 7.64. The molecule has 2 amide bonds. The first-order valence-corrected chi connectivity index (χ1v) is 10.3. The van der Waals surface area contributed by atoms with Crippen LogP contribution < -0.4 is 10.1 Å². The van der Waals surface area contributed by atoms with Crippen LogP contribution in [0.2, 0.25) is 0 Å². The Hall–Kier alpha value is -3.68. The summed E-state index contributed by atoms with van der Waals surface area (Å²) in [6.45, 7) is 1.67. The molecule has 160 valence electrons. The van der Waals surface area contributed by atoms with Gasteiger partial charge in [0.15, 0.2) is 0 Å². The number of pyridine rings is 1. The van der Waals surface area contributed by atoms with E-state index in [-0.39, 0.29) is 18.4 Å². The zero-order valence-electron chi connectivity index (χ0n) is 17.5. The quantitative estimate of drug-likeness (QED) is 0.605. The molecule has 3 aromatic rings. The van der Waals surface area contributed by atoms with Crippen LogP contribution in [0.3, 0.4) is 0 Å². The molecule has 1 saturated heterocycles. The minimum Gasteiger partial charge on any atom is -0.497 e. The molecular formula is C23H25N5O3. The summed E-state index contributed by atoms with van der Waals surface area (Å²) in [5.74, 6) is 0.651. The summed E-state index contributed by atoms with van der Waals surface area (Å²) in [4.78, 5) is 29.7. The Kier molecular flexibility index (Phi) is 6.26. The van der Waals surface area contributed by atoms with E-state index in [4.69, 9.17) is 9.84 Å². The molecule has 31 heavy (non-hydrogen) atoms. The monoisotopic (exact) mass is 419 g/mol. The van der Waals surface area contributed by atoms with Crippen molar-refractivity contribution in [2.75, 3.05) is 26.7 Å². The van der Waals surface area contributed by atoms with E-state index in [2.05, 4.69) is 10.3 Å². The van der Waals surface area contributed by atoms with Gasteiger partial charge in [0.1, 0.15) is 5.75 Å². The predicted molar refractivity (Wildman–Crippen MR) is 116 cm³/mol. The molecule has 8 nitrogen and oxygen atoms in total. The van der Waals surface area contributed by atoms with Crippen LogP contribution in [0.25, 0.3) is 22.5 Å². The number of hydrogen-bond donors (Lipinski definition) is 1. The first-order valence-electron chi connectivity index (χ1n) is 10.3. The first-order chi connectivity index (χ1) is 15.1. The standard InChI is InChI=1S/C23H25N5O3/c1-31-19-7-2-5-17(13-19)21-14-20(18-6-3-9-24-15-18)26-28(21)12-10-25-22(29)16-27-11-4-8-23(27)30/h2-3,5-7,9,13-15H,4,8,10-12,16H2,1H3,(H,25,29). The lowest BCUT2D eigenvalue weighted by molar-refractivity contribution is -0.133. The number of aromatic nitrogens is 3. The van der Waals surface area contributed by atoms with Gasteiger partial charge < -0.3 is 15.0 Å². The molecule has 1 aromatic carbocycles. The van der Waals surface area contributed by atoms with Gasteiger partial charge in [-0.25, -0.2) is 0 Å². The third kappa shape index (κ3) is 4.91. The van der Waals surface area contributed by atoms with Crippen LogP contribution in [0.5, 0.6) is 5.75 Å². The maximum absolute atomic E-state index is 12.2. The molecular weight excluding hydrogens is 394 g/mol. The largest absolute Gasteiger partial charge is 0.497 e. The van der Waals surface area contributed by atoms with Gasteiger partial charge in [-0.3, -0.25) is 19.3 Å². The summed E-state index contributed by atoms with van der Waals surface area (Å²) in [5.41, 5.74) is 3.61. The molecule has 4 rings (SSSR count). The van der Waals surface area contributed by atoms with Gasteiger partial charge in [0.2, 0.25) is 11.8 Å². The van der Waals surface area contributed by atoms with Crippen LogP contribution in [0.1, 0.15) is 12.8 Å². The molecule has 0 unspecified atom stereocenters. The van der Waals surface area contributed by atoms with Gasteiger partial charge in [0.25, 0.3) is 0 Å². The lowest BCUT2D eigenvalue weighted by Gasteiger charge is -2.15. The minimum atomic E-state index is -0.155. The van der Waals surface area contributed by atoms with E-state index in [1.807, 2.05) is 47.1 Å². The third-order valence-electron chi connectivity index (χ3n) is 5.25. The van der Waals surface area contributed by atoms with Gasteiger partial charge in [-0.1, -0.05) is 12.1 Å². The van der Waals surface area contributed by atoms with Gasteiger partial charge in [0.05, 0.1) is 31.6 Å². The number of amides is 2. The van der Waals surface area contributed by atoms with Crippen molar-refractivity contribution in [1.82, 2.24) is 25.0 Å².